The number of nitrogens with zero attached hydrogens (tertiary/aromatic N) is 3. The standard InChI is InChI=1S/C21H23F4N3O2/c1-4-18-27(12(2)11-30-18)7-8-28-16-10-17(29-3)15(22)9-14(16)13-5-6-26-20(19(13)28)21(23,24)25/h5-6,9-10,12,18H,4,7-8,11H2,1-3H3. The number of fused-ring (bicyclic) bond motifs is 3. The highest BCUT2D eigenvalue weighted by molar-refractivity contribution is 6.09. The third-order valence-electron chi connectivity index (χ3n) is 5.71. The minimum atomic E-state index is -4.63. The number of methoxy groups -OCH3 is 1. The van der Waals surface area contributed by atoms with E-state index in [1.165, 1.54) is 25.3 Å². The van der Waals surface area contributed by atoms with Crippen LogP contribution in [-0.4, -0.2) is 47.0 Å². The first-order chi connectivity index (χ1) is 14.3. The summed E-state index contributed by atoms with van der Waals surface area (Å²) in [7, 11) is 1.33. The SMILES string of the molecule is CCC1OCC(C)N1CCn1c2cc(OC)c(F)cc2c2ccnc(C(F)(F)F)c21. The molecular weight excluding hydrogens is 402 g/mol. The van der Waals surface area contributed by atoms with Crippen LogP contribution in [0.1, 0.15) is 26.0 Å². The van der Waals surface area contributed by atoms with Crippen LogP contribution >= 0.6 is 0 Å². The number of aromatic nitrogens is 2. The fraction of sp³-hybridized carbons (Fsp3) is 0.476. The first-order valence-corrected chi connectivity index (χ1v) is 9.85. The Hall–Kier alpha value is -2.39. The lowest BCUT2D eigenvalue weighted by atomic mass is 10.1. The summed E-state index contributed by atoms with van der Waals surface area (Å²) in [5.41, 5.74) is -0.552. The predicted molar refractivity (Wildman–Crippen MR) is 105 cm³/mol. The summed E-state index contributed by atoms with van der Waals surface area (Å²) in [6.07, 6.45) is -2.81. The molecule has 1 aliphatic rings. The molecule has 0 amide bonds. The smallest absolute Gasteiger partial charge is 0.435 e. The summed E-state index contributed by atoms with van der Waals surface area (Å²) in [6.45, 7) is 5.39. The number of hydrogen-bond acceptors (Lipinski definition) is 4. The summed E-state index contributed by atoms with van der Waals surface area (Å²) in [5, 5.41) is 0.709. The van der Waals surface area contributed by atoms with Crippen LogP contribution in [0.4, 0.5) is 17.6 Å². The molecule has 1 fully saturated rings. The summed E-state index contributed by atoms with van der Waals surface area (Å²) in [6, 6.07) is 4.33. The van der Waals surface area contributed by atoms with E-state index in [1.807, 2.05) is 13.8 Å². The van der Waals surface area contributed by atoms with Gasteiger partial charge in [-0.15, -0.1) is 0 Å². The molecule has 2 unspecified atom stereocenters. The lowest BCUT2D eigenvalue weighted by Crippen LogP contribution is -2.37. The predicted octanol–water partition coefficient (Wildman–Crippen LogP) is 4.81. The molecule has 0 saturated carbocycles. The number of pyridine rings is 1. The van der Waals surface area contributed by atoms with Gasteiger partial charge in [0.25, 0.3) is 0 Å². The molecule has 162 valence electrons. The van der Waals surface area contributed by atoms with Crippen LogP contribution in [0.2, 0.25) is 0 Å². The second kappa shape index (κ2) is 7.70. The van der Waals surface area contributed by atoms with Gasteiger partial charge in [-0.05, 0) is 25.5 Å². The van der Waals surface area contributed by atoms with Crippen molar-refractivity contribution >= 4 is 21.8 Å². The van der Waals surface area contributed by atoms with Crippen molar-refractivity contribution in [2.45, 2.75) is 45.3 Å². The highest BCUT2D eigenvalue weighted by atomic mass is 19.4. The molecule has 2 atom stereocenters. The van der Waals surface area contributed by atoms with Crippen molar-refractivity contribution in [1.29, 1.82) is 0 Å². The van der Waals surface area contributed by atoms with Gasteiger partial charge in [-0.2, -0.15) is 13.2 Å². The zero-order chi connectivity index (χ0) is 21.6. The molecule has 0 radical (unpaired) electrons. The third kappa shape index (κ3) is 3.39. The second-order valence-electron chi connectivity index (χ2n) is 7.49. The van der Waals surface area contributed by atoms with E-state index in [2.05, 4.69) is 9.88 Å². The van der Waals surface area contributed by atoms with E-state index in [4.69, 9.17) is 9.47 Å². The molecule has 0 aliphatic carbocycles. The van der Waals surface area contributed by atoms with Crippen LogP contribution in [0, 0.1) is 5.82 Å². The van der Waals surface area contributed by atoms with Gasteiger partial charge in [0.15, 0.2) is 17.3 Å². The monoisotopic (exact) mass is 425 g/mol. The average molecular weight is 425 g/mol. The third-order valence-corrected chi connectivity index (χ3v) is 5.71. The molecule has 1 saturated heterocycles. The van der Waals surface area contributed by atoms with Crippen LogP contribution < -0.4 is 4.74 Å². The molecule has 4 rings (SSSR count). The Balaban J connectivity index is 1.90. The van der Waals surface area contributed by atoms with E-state index in [-0.39, 0.29) is 30.1 Å². The van der Waals surface area contributed by atoms with Crippen LogP contribution in [0.15, 0.2) is 24.4 Å². The van der Waals surface area contributed by atoms with Crippen molar-refractivity contribution in [2.24, 2.45) is 0 Å². The number of rotatable bonds is 5. The number of alkyl halides is 3. The van der Waals surface area contributed by atoms with Gasteiger partial charge in [0.1, 0.15) is 6.23 Å². The summed E-state index contributed by atoms with van der Waals surface area (Å²) >= 11 is 0. The van der Waals surface area contributed by atoms with Gasteiger partial charge >= 0.3 is 6.18 Å². The molecule has 1 aromatic carbocycles. The second-order valence-corrected chi connectivity index (χ2v) is 7.49. The van der Waals surface area contributed by atoms with Crippen molar-refractivity contribution in [2.75, 3.05) is 20.3 Å². The van der Waals surface area contributed by atoms with Crippen molar-refractivity contribution < 1.29 is 27.0 Å². The number of benzene rings is 1. The number of halogens is 4. The van der Waals surface area contributed by atoms with E-state index in [0.29, 0.717) is 29.4 Å². The van der Waals surface area contributed by atoms with Crippen LogP contribution in [-0.2, 0) is 17.5 Å². The van der Waals surface area contributed by atoms with E-state index >= 15 is 0 Å². The summed E-state index contributed by atoms with van der Waals surface area (Å²) in [4.78, 5) is 5.76. The van der Waals surface area contributed by atoms with Crippen LogP contribution in [0.25, 0.3) is 21.8 Å². The van der Waals surface area contributed by atoms with Gasteiger partial charge in [0.05, 0.1) is 24.8 Å². The van der Waals surface area contributed by atoms with E-state index in [0.717, 1.165) is 12.6 Å². The molecule has 5 nitrogen and oxygen atoms in total. The lowest BCUT2D eigenvalue weighted by Gasteiger charge is -2.26. The van der Waals surface area contributed by atoms with Gasteiger partial charge in [0, 0.05) is 42.2 Å². The average Bonchev–Trinajstić information content (AvgIpc) is 3.21. The zero-order valence-electron chi connectivity index (χ0n) is 17.0. The lowest BCUT2D eigenvalue weighted by molar-refractivity contribution is -0.140. The molecule has 0 N–H and O–H groups in total. The maximum Gasteiger partial charge on any atom is 0.435 e. The van der Waals surface area contributed by atoms with Gasteiger partial charge in [-0.25, -0.2) is 9.37 Å². The van der Waals surface area contributed by atoms with Gasteiger partial charge < -0.3 is 14.0 Å². The zero-order valence-corrected chi connectivity index (χ0v) is 17.0. The first kappa shape index (κ1) is 20.9. The topological polar surface area (TPSA) is 39.5 Å². The van der Waals surface area contributed by atoms with Crippen molar-refractivity contribution in [1.82, 2.24) is 14.5 Å². The quantitative estimate of drug-likeness (QED) is 0.550. The molecule has 0 bridgehead atoms. The normalized spacial score (nSPS) is 20.5. The minimum absolute atomic E-state index is 0.0163. The van der Waals surface area contributed by atoms with Crippen LogP contribution in [0.5, 0.6) is 5.75 Å². The molecule has 3 heterocycles. The van der Waals surface area contributed by atoms with Gasteiger partial charge in [0.2, 0.25) is 0 Å². The van der Waals surface area contributed by atoms with Crippen LogP contribution in [0.3, 0.4) is 0 Å². The highest BCUT2D eigenvalue weighted by Gasteiger charge is 2.37. The Morgan fingerprint density at radius 3 is 2.67 bits per heavy atom. The Morgan fingerprint density at radius 1 is 1.23 bits per heavy atom. The van der Waals surface area contributed by atoms with Gasteiger partial charge in [-0.1, -0.05) is 6.92 Å². The van der Waals surface area contributed by atoms with E-state index < -0.39 is 17.7 Å². The maximum atomic E-state index is 14.4. The number of ether oxygens (including phenoxy) is 2. The number of hydrogen-bond donors (Lipinski definition) is 0. The fourth-order valence-corrected chi connectivity index (χ4v) is 4.30. The largest absolute Gasteiger partial charge is 0.494 e. The molecule has 30 heavy (non-hydrogen) atoms. The van der Waals surface area contributed by atoms with Crippen molar-refractivity contribution in [3.8, 4) is 5.75 Å². The molecule has 9 heteroatoms. The van der Waals surface area contributed by atoms with E-state index in [1.54, 1.807) is 4.57 Å². The molecular formula is C21H23F4N3O2. The summed E-state index contributed by atoms with van der Waals surface area (Å²) < 4.78 is 68.1. The minimum Gasteiger partial charge on any atom is -0.494 e. The summed E-state index contributed by atoms with van der Waals surface area (Å²) in [5.74, 6) is -0.639. The Labute approximate surface area is 171 Å². The Bertz CT molecular complexity index is 1080. The molecule has 2 aromatic heterocycles. The maximum absolute atomic E-state index is 14.4. The first-order valence-electron chi connectivity index (χ1n) is 9.85. The van der Waals surface area contributed by atoms with E-state index in [9.17, 15) is 17.6 Å². The highest BCUT2D eigenvalue weighted by Crippen LogP contribution is 2.39. The molecule has 0 spiro atoms. The Morgan fingerprint density at radius 2 is 2.00 bits per heavy atom. The Kier molecular flexibility index (Phi) is 5.36. The molecule has 1 aliphatic heterocycles. The van der Waals surface area contributed by atoms with Gasteiger partial charge in [-0.3, -0.25) is 4.90 Å². The fourth-order valence-electron chi connectivity index (χ4n) is 4.30. The van der Waals surface area contributed by atoms with Crippen molar-refractivity contribution in [3.05, 3.63) is 35.9 Å². The van der Waals surface area contributed by atoms with Crippen molar-refractivity contribution in [3.63, 3.8) is 0 Å². The molecule has 3 aromatic rings.